The summed E-state index contributed by atoms with van der Waals surface area (Å²) in [4.78, 5) is 2.52. The van der Waals surface area contributed by atoms with E-state index >= 15 is 0 Å². The largest absolute Gasteiger partial charge is 0.324 e. The fraction of sp³-hybridized carbons (Fsp3) is 0.875. The summed E-state index contributed by atoms with van der Waals surface area (Å²) in [5.41, 5.74) is 0.378. The fourth-order valence-electron chi connectivity index (χ4n) is 2.20. The summed E-state index contributed by atoms with van der Waals surface area (Å²) in [6.07, 6.45) is 5.75. The highest BCUT2D eigenvalue weighted by Gasteiger charge is 2.37. The lowest BCUT2D eigenvalue weighted by Gasteiger charge is -2.46. The topological polar surface area (TPSA) is 41.6 Å². The Balaban J connectivity index is 2.11. The van der Waals surface area contributed by atoms with Gasteiger partial charge in [-0.05, 0) is 38.9 Å². The van der Waals surface area contributed by atoms with Crippen molar-refractivity contribution in [2.24, 2.45) is 16.4 Å². The second-order valence-corrected chi connectivity index (χ2v) is 3.73. The molecule has 3 heterocycles. The van der Waals surface area contributed by atoms with Gasteiger partial charge in [-0.1, -0.05) is 0 Å². The van der Waals surface area contributed by atoms with Gasteiger partial charge in [0.15, 0.2) is 0 Å². The summed E-state index contributed by atoms with van der Waals surface area (Å²) in [5.74, 6) is 5.19. The maximum Gasteiger partial charge on any atom is 0.0303 e. The van der Waals surface area contributed by atoms with Crippen LogP contribution in [0.4, 0.5) is 0 Å². The lowest BCUT2D eigenvalue weighted by atomic mass is 9.73. The second-order valence-electron chi connectivity index (χ2n) is 3.73. The number of rotatable bonds is 1. The van der Waals surface area contributed by atoms with Gasteiger partial charge < -0.3 is 10.7 Å². The Labute approximate surface area is 67.2 Å². The number of fused-ring (bicyclic) bond motifs is 3. The molecule has 0 aromatic carbocycles. The molecule has 0 unspecified atom stereocenters. The van der Waals surface area contributed by atoms with E-state index in [9.17, 15) is 0 Å². The predicted molar refractivity (Wildman–Crippen MR) is 45.4 cm³/mol. The summed E-state index contributed by atoms with van der Waals surface area (Å²) in [5, 5.41) is 3.68. The minimum Gasteiger partial charge on any atom is -0.324 e. The fourth-order valence-corrected chi connectivity index (χ4v) is 2.20. The molecule has 0 atom stereocenters. The lowest BCUT2D eigenvalue weighted by Crippen LogP contribution is -2.49. The molecule has 0 radical (unpaired) electrons. The van der Waals surface area contributed by atoms with Crippen LogP contribution < -0.4 is 5.84 Å². The van der Waals surface area contributed by atoms with E-state index in [1.165, 1.54) is 38.9 Å². The molecule has 11 heavy (non-hydrogen) atoms. The monoisotopic (exact) mass is 153 g/mol. The van der Waals surface area contributed by atoms with Gasteiger partial charge in [0.1, 0.15) is 0 Å². The molecule has 62 valence electrons. The third-order valence-corrected chi connectivity index (χ3v) is 3.13. The number of nitrogens with zero attached hydrogens (tertiary/aromatic N) is 2. The Morgan fingerprint density at radius 1 is 1.18 bits per heavy atom. The number of hydrogen-bond donors (Lipinski definition) is 1. The highest BCUT2D eigenvalue weighted by Crippen LogP contribution is 2.37. The van der Waals surface area contributed by atoms with Crippen LogP contribution in [-0.4, -0.2) is 30.7 Å². The van der Waals surface area contributed by atoms with Gasteiger partial charge in [0.2, 0.25) is 0 Å². The summed E-state index contributed by atoms with van der Waals surface area (Å²) in [6.45, 7) is 3.73. The Hall–Kier alpha value is -0.570. The molecule has 3 nitrogen and oxygen atoms in total. The predicted octanol–water partition coefficient (Wildman–Crippen LogP) is 0.417. The van der Waals surface area contributed by atoms with Crippen LogP contribution in [-0.2, 0) is 0 Å². The summed E-state index contributed by atoms with van der Waals surface area (Å²) >= 11 is 0. The first-order valence-electron chi connectivity index (χ1n) is 4.31. The minimum atomic E-state index is 0.378. The average Bonchev–Trinajstić information content (AvgIpc) is 2.07. The first-order valence-corrected chi connectivity index (χ1v) is 4.31. The number of hydrogen-bond acceptors (Lipinski definition) is 3. The van der Waals surface area contributed by atoms with Crippen LogP contribution in [0.3, 0.4) is 0 Å². The summed E-state index contributed by atoms with van der Waals surface area (Å²) in [6, 6.07) is 0. The molecule has 0 aliphatic carbocycles. The van der Waals surface area contributed by atoms with Crippen LogP contribution in [0.1, 0.15) is 19.3 Å². The molecular formula is C8H15N3. The van der Waals surface area contributed by atoms with Gasteiger partial charge in [-0.15, -0.1) is 0 Å². The molecule has 2 bridgehead atoms. The standard InChI is InChI=1S/C8H15N3/c9-10-7-8-1-4-11(5-2-8)6-3-8/h7H,1-6,9H2/b10-7+. The number of hydrazone groups is 1. The molecule has 3 fully saturated rings. The summed E-state index contributed by atoms with van der Waals surface area (Å²) in [7, 11) is 0. The van der Waals surface area contributed by atoms with E-state index in [2.05, 4.69) is 10.0 Å². The number of piperidine rings is 3. The van der Waals surface area contributed by atoms with Gasteiger partial charge in [0.25, 0.3) is 0 Å². The zero-order valence-electron chi connectivity index (χ0n) is 6.79. The SMILES string of the molecule is N/N=C/C12CCN(CC1)CC2. The van der Waals surface area contributed by atoms with Gasteiger partial charge in [0, 0.05) is 11.6 Å². The van der Waals surface area contributed by atoms with Gasteiger partial charge in [-0.25, -0.2) is 0 Å². The molecule has 3 heteroatoms. The molecule has 3 aliphatic rings. The van der Waals surface area contributed by atoms with Crippen LogP contribution in [0.5, 0.6) is 0 Å². The third-order valence-electron chi connectivity index (χ3n) is 3.13. The third kappa shape index (κ3) is 1.13. The normalized spacial score (nSPS) is 43.5. The van der Waals surface area contributed by atoms with E-state index in [4.69, 9.17) is 5.84 Å². The van der Waals surface area contributed by atoms with Crippen molar-refractivity contribution in [2.75, 3.05) is 19.6 Å². The van der Waals surface area contributed by atoms with Crippen molar-refractivity contribution in [2.45, 2.75) is 19.3 Å². The van der Waals surface area contributed by atoms with Crippen molar-refractivity contribution >= 4 is 6.21 Å². The van der Waals surface area contributed by atoms with E-state index < -0.39 is 0 Å². The molecule has 0 aromatic rings. The average molecular weight is 153 g/mol. The summed E-state index contributed by atoms with van der Waals surface area (Å²) < 4.78 is 0. The van der Waals surface area contributed by atoms with Crippen molar-refractivity contribution in [3.8, 4) is 0 Å². The Kier molecular flexibility index (Phi) is 1.60. The lowest BCUT2D eigenvalue weighted by molar-refractivity contribution is 0.0778. The van der Waals surface area contributed by atoms with E-state index in [0.717, 1.165) is 0 Å². The van der Waals surface area contributed by atoms with Crippen LogP contribution in [0, 0.1) is 5.41 Å². The van der Waals surface area contributed by atoms with Crippen LogP contribution in [0.15, 0.2) is 5.10 Å². The van der Waals surface area contributed by atoms with E-state index in [1.54, 1.807) is 0 Å². The maximum atomic E-state index is 5.19. The molecular weight excluding hydrogens is 138 g/mol. The second kappa shape index (κ2) is 2.48. The first-order chi connectivity index (χ1) is 5.35. The smallest absolute Gasteiger partial charge is 0.0303 e. The zero-order valence-corrected chi connectivity index (χ0v) is 6.79. The van der Waals surface area contributed by atoms with Crippen molar-refractivity contribution in [1.29, 1.82) is 0 Å². The minimum absolute atomic E-state index is 0.378. The van der Waals surface area contributed by atoms with Crippen LogP contribution in [0.2, 0.25) is 0 Å². The Bertz CT molecular complexity index is 154. The van der Waals surface area contributed by atoms with Crippen LogP contribution in [0.25, 0.3) is 0 Å². The molecule has 0 amide bonds. The molecule has 3 rings (SSSR count). The molecule has 3 aliphatic heterocycles. The van der Waals surface area contributed by atoms with Gasteiger partial charge >= 0.3 is 0 Å². The molecule has 0 spiro atoms. The van der Waals surface area contributed by atoms with Gasteiger partial charge in [0.05, 0.1) is 0 Å². The first kappa shape index (κ1) is 7.10. The van der Waals surface area contributed by atoms with E-state index in [1.807, 2.05) is 6.21 Å². The van der Waals surface area contributed by atoms with E-state index in [-0.39, 0.29) is 0 Å². The van der Waals surface area contributed by atoms with Crippen molar-refractivity contribution in [1.82, 2.24) is 4.90 Å². The van der Waals surface area contributed by atoms with Gasteiger partial charge in [-0.2, -0.15) is 5.10 Å². The zero-order chi connectivity index (χ0) is 7.73. The maximum absolute atomic E-state index is 5.19. The van der Waals surface area contributed by atoms with E-state index in [0.29, 0.717) is 5.41 Å². The quantitative estimate of drug-likeness (QED) is 0.337. The van der Waals surface area contributed by atoms with Crippen LogP contribution >= 0.6 is 0 Å². The van der Waals surface area contributed by atoms with Crippen molar-refractivity contribution in [3.63, 3.8) is 0 Å². The highest BCUT2D eigenvalue weighted by atomic mass is 15.2. The van der Waals surface area contributed by atoms with Crippen molar-refractivity contribution < 1.29 is 0 Å². The number of nitrogens with two attached hydrogens (primary N) is 1. The molecule has 2 N–H and O–H groups in total. The molecule has 3 saturated heterocycles. The van der Waals surface area contributed by atoms with Crippen molar-refractivity contribution in [3.05, 3.63) is 0 Å². The Morgan fingerprint density at radius 2 is 1.73 bits per heavy atom. The highest BCUT2D eigenvalue weighted by molar-refractivity contribution is 5.66. The van der Waals surface area contributed by atoms with Gasteiger partial charge in [-0.3, -0.25) is 0 Å². The molecule has 0 aromatic heterocycles. The Morgan fingerprint density at radius 3 is 2.18 bits per heavy atom. The molecule has 0 saturated carbocycles.